The monoisotopic (exact) mass is 433 g/mol. The van der Waals surface area contributed by atoms with E-state index in [2.05, 4.69) is 41.9 Å². The average Bonchev–Trinajstić information content (AvgIpc) is 2.45. The summed E-state index contributed by atoms with van der Waals surface area (Å²) in [6.45, 7) is 0. The van der Waals surface area contributed by atoms with E-state index in [9.17, 15) is 8.42 Å². The third kappa shape index (κ3) is 3.76. The molecule has 0 aromatic heterocycles. The molecule has 0 radical (unpaired) electrons. The van der Waals surface area contributed by atoms with Crippen LogP contribution >= 0.6 is 31.9 Å². The van der Waals surface area contributed by atoms with Crippen LogP contribution < -0.4 is 15.8 Å². The Morgan fingerprint density at radius 3 is 2.43 bits per heavy atom. The first-order chi connectivity index (χ1) is 9.83. The summed E-state index contributed by atoms with van der Waals surface area (Å²) in [5, 5.41) is 3.12. The summed E-state index contributed by atoms with van der Waals surface area (Å²) in [5.41, 5.74) is 7.65. The predicted molar refractivity (Wildman–Crippen MR) is 92.2 cm³/mol. The number of rotatable bonds is 4. The normalized spacial score (nSPS) is 11.4. The quantitative estimate of drug-likeness (QED) is 0.643. The zero-order valence-electron chi connectivity index (χ0n) is 11.0. The lowest BCUT2D eigenvalue weighted by molar-refractivity contribution is 0.588. The van der Waals surface area contributed by atoms with Crippen molar-refractivity contribution in [2.75, 3.05) is 18.1 Å². The molecule has 0 aliphatic rings. The van der Waals surface area contributed by atoms with Gasteiger partial charge in [-0.1, -0.05) is 15.9 Å². The number of sulfonamides is 1. The van der Waals surface area contributed by atoms with Crippen LogP contribution in [0, 0.1) is 0 Å². The molecule has 0 saturated carbocycles. The summed E-state index contributed by atoms with van der Waals surface area (Å²) >= 11 is 6.82. The van der Waals surface area contributed by atoms with Crippen LogP contribution in [-0.4, -0.2) is 15.5 Å². The molecule has 8 heteroatoms. The molecular weight excluding hydrogens is 422 g/mol. The molecule has 0 unspecified atom stereocenters. The molecule has 2 aromatic rings. The molecule has 0 amide bonds. The van der Waals surface area contributed by atoms with Gasteiger partial charge in [-0.05, 0) is 59.4 Å². The van der Waals surface area contributed by atoms with Crippen LogP contribution in [-0.2, 0) is 10.0 Å². The van der Waals surface area contributed by atoms with Gasteiger partial charge < -0.3 is 11.1 Å². The number of nitrogens with one attached hydrogen (secondary N) is 2. The highest BCUT2D eigenvalue weighted by Gasteiger charge is 2.14. The van der Waals surface area contributed by atoms with Crippen LogP contribution in [0.1, 0.15) is 0 Å². The largest absolute Gasteiger partial charge is 0.397 e. The minimum absolute atomic E-state index is 0.146. The number of nitrogens with two attached hydrogens (primary N) is 1. The van der Waals surface area contributed by atoms with Gasteiger partial charge in [0.05, 0.1) is 22.0 Å². The molecule has 0 heterocycles. The topological polar surface area (TPSA) is 84.2 Å². The van der Waals surface area contributed by atoms with Gasteiger partial charge in [-0.2, -0.15) is 0 Å². The Morgan fingerprint density at radius 2 is 1.76 bits per heavy atom. The highest BCUT2D eigenvalue weighted by atomic mass is 79.9. The molecule has 0 atom stereocenters. The fourth-order valence-corrected chi connectivity index (χ4v) is 3.13. The Kier molecular flexibility index (Phi) is 4.92. The smallest absolute Gasteiger partial charge is 0.240 e. The van der Waals surface area contributed by atoms with Crippen LogP contribution in [0.4, 0.5) is 17.1 Å². The van der Waals surface area contributed by atoms with Gasteiger partial charge in [0, 0.05) is 8.95 Å². The zero-order valence-corrected chi connectivity index (χ0v) is 15.0. The third-order valence-electron chi connectivity index (χ3n) is 2.80. The second kappa shape index (κ2) is 6.35. The zero-order chi connectivity index (χ0) is 15.6. The van der Waals surface area contributed by atoms with Crippen molar-refractivity contribution >= 4 is 58.9 Å². The van der Waals surface area contributed by atoms with Crippen molar-refractivity contribution in [3.63, 3.8) is 0 Å². The van der Waals surface area contributed by atoms with Crippen molar-refractivity contribution in [1.29, 1.82) is 0 Å². The lowest BCUT2D eigenvalue weighted by Crippen LogP contribution is -2.18. The van der Waals surface area contributed by atoms with E-state index in [-0.39, 0.29) is 4.90 Å². The first-order valence-electron chi connectivity index (χ1n) is 5.88. The summed E-state index contributed by atoms with van der Waals surface area (Å²) in [4.78, 5) is 0.146. The Balaban J connectivity index is 2.45. The van der Waals surface area contributed by atoms with Crippen LogP contribution in [0.25, 0.3) is 0 Å². The molecule has 0 fully saturated rings. The number of nitrogen functional groups attached to an aromatic ring is 1. The van der Waals surface area contributed by atoms with Gasteiger partial charge in [0.15, 0.2) is 0 Å². The highest BCUT2D eigenvalue weighted by molar-refractivity contribution is 9.11. The lowest BCUT2D eigenvalue weighted by atomic mass is 10.2. The molecule has 0 aliphatic heterocycles. The molecule has 5 nitrogen and oxygen atoms in total. The fourth-order valence-electron chi connectivity index (χ4n) is 1.67. The molecular formula is C13H13Br2N3O2S. The van der Waals surface area contributed by atoms with Crippen LogP contribution in [0.2, 0.25) is 0 Å². The molecule has 0 aliphatic carbocycles. The van der Waals surface area contributed by atoms with Gasteiger partial charge in [0.1, 0.15) is 0 Å². The SMILES string of the molecule is CNS(=O)(=O)c1ccc(N)c(Nc2cc(Br)ccc2Br)c1. The fraction of sp³-hybridized carbons (Fsp3) is 0.0769. The van der Waals surface area contributed by atoms with E-state index in [0.717, 1.165) is 14.6 Å². The summed E-state index contributed by atoms with van der Waals surface area (Å²) in [7, 11) is -2.15. The molecule has 4 N–H and O–H groups in total. The van der Waals surface area contributed by atoms with E-state index in [4.69, 9.17) is 5.73 Å². The van der Waals surface area contributed by atoms with E-state index >= 15 is 0 Å². The van der Waals surface area contributed by atoms with Gasteiger partial charge in [-0.25, -0.2) is 13.1 Å². The second-order valence-corrected chi connectivity index (χ2v) is 7.86. The van der Waals surface area contributed by atoms with Crippen molar-refractivity contribution in [3.8, 4) is 0 Å². The number of anilines is 3. The molecule has 112 valence electrons. The minimum atomic E-state index is -3.51. The first-order valence-corrected chi connectivity index (χ1v) is 8.95. The summed E-state index contributed by atoms with van der Waals surface area (Å²) in [5.74, 6) is 0. The molecule has 21 heavy (non-hydrogen) atoms. The number of halogens is 2. The van der Waals surface area contributed by atoms with Gasteiger partial charge in [0.25, 0.3) is 0 Å². The molecule has 0 saturated heterocycles. The van der Waals surface area contributed by atoms with Crippen LogP contribution in [0.5, 0.6) is 0 Å². The van der Waals surface area contributed by atoms with Crippen molar-refractivity contribution in [2.45, 2.75) is 4.90 Å². The summed E-state index contributed by atoms with van der Waals surface area (Å²) in [6, 6.07) is 10.1. The van der Waals surface area contributed by atoms with Crippen LogP contribution in [0.15, 0.2) is 50.2 Å². The Bertz CT molecular complexity index is 779. The Morgan fingerprint density at radius 1 is 1.05 bits per heavy atom. The third-order valence-corrected chi connectivity index (χ3v) is 5.40. The van der Waals surface area contributed by atoms with Crippen molar-refractivity contribution in [2.24, 2.45) is 0 Å². The van der Waals surface area contributed by atoms with Gasteiger partial charge in [-0.15, -0.1) is 0 Å². The maximum absolute atomic E-state index is 11.8. The number of hydrogen-bond donors (Lipinski definition) is 3. The second-order valence-electron chi connectivity index (χ2n) is 4.21. The van der Waals surface area contributed by atoms with Crippen molar-refractivity contribution in [3.05, 3.63) is 45.3 Å². The van der Waals surface area contributed by atoms with Gasteiger partial charge >= 0.3 is 0 Å². The van der Waals surface area contributed by atoms with Crippen molar-refractivity contribution < 1.29 is 8.42 Å². The van der Waals surface area contributed by atoms with E-state index in [1.165, 1.54) is 19.2 Å². The minimum Gasteiger partial charge on any atom is -0.397 e. The Hall–Kier alpha value is -1.09. The average molecular weight is 435 g/mol. The maximum atomic E-state index is 11.8. The summed E-state index contributed by atoms with van der Waals surface area (Å²) < 4.78 is 27.7. The highest BCUT2D eigenvalue weighted by Crippen LogP contribution is 2.32. The molecule has 0 spiro atoms. The van der Waals surface area contributed by atoms with E-state index in [0.29, 0.717) is 11.4 Å². The van der Waals surface area contributed by atoms with Crippen molar-refractivity contribution in [1.82, 2.24) is 4.72 Å². The molecule has 2 aromatic carbocycles. The lowest BCUT2D eigenvalue weighted by Gasteiger charge is -2.13. The van der Waals surface area contributed by atoms with Gasteiger partial charge in [0.2, 0.25) is 10.0 Å². The van der Waals surface area contributed by atoms with E-state index < -0.39 is 10.0 Å². The van der Waals surface area contributed by atoms with E-state index in [1.54, 1.807) is 6.07 Å². The first kappa shape index (κ1) is 16.3. The van der Waals surface area contributed by atoms with Crippen LogP contribution in [0.3, 0.4) is 0 Å². The Labute approximate surface area is 140 Å². The van der Waals surface area contributed by atoms with E-state index in [1.807, 2.05) is 18.2 Å². The standard InChI is InChI=1S/C13H13Br2N3O2S/c1-17-21(19,20)9-3-5-11(16)13(7-9)18-12-6-8(14)2-4-10(12)15/h2-7,17-18H,16H2,1H3. The molecule has 2 rings (SSSR count). The summed E-state index contributed by atoms with van der Waals surface area (Å²) in [6.07, 6.45) is 0. The predicted octanol–water partition coefficient (Wildman–Crippen LogP) is 3.45. The molecule has 0 bridgehead atoms. The van der Waals surface area contributed by atoms with Gasteiger partial charge in [-0.3, -0.25) is 0 Å². The number of hydrogen-bond acceptors (Lipinski definition) is 4. The maximum Gasteiger partial charge on any atom is 0.240 e. The number of benzene rings is 2.